The van der Waals surface area contributed by atoms with Gasteiger partial charge in [0.05, 0.1) is 4.47 Å². The highest BCUT2D eigenvalue weighted by atomic mass is 79.9. The Labute approximate surface area is 120 Å². The molecular formula is C15H14BrFN2. The van der Waals surface area contributed by atoms with Crippen molar-refractivity contribution in [1.82, 2.24) is 10.3 Å². The van der Waals surface area contributed by atoms with E-state index in [1.807, 2.05) is 18.3 Å². The molecule has 0 saturated heterocycles. The summed E-state index contributed by atoms with van der Waals surface area (Å²) in [5.74, 6) is -0.239. The molecule has 4 heteroatoms. The van der Waals surface area contributed by atoms with E-state index in [0.29, 0.717) is 16.1 Å². The summed E-state index contributed by atoms with van der Waals surface area (Å²) in [4.78, 5) is 4.21. The molecule has 0 atom stereocenters. The molecule has 1 fully saturated rings. The Morgan fingerprint density at radius 1 is 1.32 bits per heavy atom. The second-order valence-electron chi connectivity index (χ2n) is 4.84. The Morgan fingerprint density at radius 2 is 2.16 bits per heavy atom. The summed E-state index contributed by atoms with van der Waals surface area (Å²) in [6, 6.07) is 7.96. The van der Waals surface area contributed by atoms with Crippen LogP contribution in [0.15, 0.2) is 41.1 Å². The van der Waals surface area contributed by atoms with Crippen molar-refractivity contribution < 1.29 is 4.39 Å². The number of pyridine rings is 1. The quantitative estimate of drug-likeness (QED) is 0.924. The van der Waals surface area contributed by atoms with Crippen molar-refractivity contribution in [3.8, 4) is 11.1 Å². The van der Waals surface area contributed by atoms with E-state index in [-0.39, 0.29) is 5.82 Å². The zero-order chi connectivity index (χ0) is 13.2. The molecule has 0 radical (unpaired) electrons. The van der Waals surface area contributed by atoms with Crippen LogP contribution in [0.2, 0.25) is 0 Å². The van der Waals surface area contributed by atoms with Crippen LogP contribution in [0.1, 0.15) is 18.4 Å². The van der Waals surface area contributed by atoms with Crippen LogP contribution in [0.5, 0.6) is 0 Å². The Kier molecular flexibility index (Phi) is 3.62. The molecule has 2 aromatic rings. The number of nitrogens with one attached hydrogen (secondary N) is 1. The zero-order valence-electron chi connectivity index (χ0n) is 10.4. The van der Waals surface area contributed by atoms with E-state index in [4.69, 9.17) is 0 Å². The van der Waals surface area contributed by atoms with Crippen molar-refractivity contribution in [3.05, 3.63) is 52.5 Å². The molecule has 0 amide bonds. The maximum Gasteiger partial charge on any atom is 0.145 e. The molecule has 0 aliphatic heterocycles. The molecule has 19 heavy (non-hydrogen) atoms. The summed E-state index contributed by atoms with van der Waals surface area (Å²) in [6.07, 6.45) is 6.04. The maximum absolute atomic E-state index is 14.1. The fourth-order valence-corrected chi connectivity index (χ4v) is 2.37. The number of halogens is 2. The van der Waals surface area contributed by atoms with Crippen LogP contribution in [-0.2, 0) is 6.54 Å². The SMILES string of the molecule is Fc1c(Br)cccc1-c1cncc(CNC2CC2)c1. The highest BCUT2D eigenvalue weighted by Gasteiger charge is 2.20. The smallest absolute Gasteiger partial charge is 0.145 e. The first kappa shape index (κ1) is 12.8. The lowest BCUT2D eigenvalue weighted by Gasteiger charge is -2.07. The first-order valence-electron chi connectivity index (χ1n) is 6.36. The van der Waals surface area contributed by atoms with Gasteiger partial charge in [0.15, 0.2) is 0 Å². The Bertz CT molecular complexity index is 596. The number of nitrogens with zero attached hydrogens (tertiary/aromatic N) is 1. The van der Waals surface area contributed by atoms with Gasteiger partial charge in [-0.3, -0.25) is 4.98 Å². The molecule has 1 aliphatic carbocycles. The standard InChI is InChI=1S/C15H14BrFN2/c16-14-3-1-2-13(15(14)17)11-6-10(7-18-9-11)8-19-12-4-5-12/h1-3,6-7,9,12,19H,4-5,8H2. The van der Waals surface area contributed by atoms with Gasteiger partial charge in [0.25, 0.3) is 0 Å². The Balaban J connectivity index is 1.86. The maximum atomic E-state index is 14.1. The van der Waals surface area contributed by atoms with Crippen molar-refractivity contribution in [2.24, 2.45) is 0 Å². The van der Waals surface area contributed by atoms with Gasteiger partial charge in [-0.1, -0.05) is 12.1 Å². The van der Waals surface area contributed by atoms with Crippen LogP contribution in [-0.4, -0.2) is 11.0 Å². The predicted molar refractivity (Wildman–Crippen MR) is 77.2 cm³/mol. The van der Waals surface area contributed by atoms with Crippen molar-refractivity contribution in [2.45, 2.75) is 25.4 Å². The normalized spacial score (nSPS) is 14.6. The topological polar surface area (TPSA) is 24.9 Å². The third-order valence-corrected chi connectivity index (χ3v) is 3.84. The average Bonchev–Trinajstić information content (AvgIpc) is 3.24. The molecule has 2 nitrogen and oxygen atoms in total. The lowest BCUT2D eigenvalue weighted by molar-refractivity contribution is 0.624. The minimum absolute atomic E-state index is 0.239. The molecule has 3 rings (SSSR count). The van der Waals surface area contributed by atoms with Crippen LogP contribution >= 0.6 is 15.9 Å². The molecule has 0 spiro atoms. The number of hydrogen-bond donors (Lipinski definition) is 1. The first-order valence-corrected chi connectivity index (χ1v) is 7.15. The van der Waals surface area contributed by atoms with E-state index in [9.17, 15) is 4.39 Å². The van der Waals surface area contributed by atoms with Crippen molar-refractivity contribution in [1.29, 1.82) is 0 Å². The minimum atomic E-state index is -0.239. The summed E-state index contributed by atoms with van der Waals surface area (Å²) in [5, 5.41) is 3.43. The second-order valence-corrected chi connectivity index (χ2v) is 5.69. The largest absolute Gasteiger partial charge is 0.310 e. The van der Waals surface area contributed by atoms with Gasteiger partial charge in [0, 0.05) is 36.1 Å². The van der Waals surface area contributed by atoms with Gasteiger partial charge in [-0.2, -0.15) is 0 Å². The molecule has 1 N–H and O–H groups in total. The number of aromatic nitrogens is 1. The third kappa shape index (κ3) is 3.01. The van der Waals surface area contributed by atoms with Gasteiger partial charge in [-0.15, -0.1) is 0 Å². The van der Waals surface area contributed by atoms with Gasteiger partial charge in [0.2, 0.25) is 0 Å². The predicted octanol–water partition coefficient (Wildman–Crippen LogP) is 3.90. The highest BCUT2D eigenvalue weighted by Crippen LogP contribution is 2.28. The monoisotopic (exact) mass is 320 g/mol. The van der Waals surface area contributed by atoms with E-state index in [1.54, 1.807) is 18.3 Å². The molecule has 1 saturated carbocycles. The highest BCUT2D eigenvalue weighted by molar-refractivity contribution is 9.10. The van der Waals surface area contributed by atoms with Crippen LogP contribution in [0.25, 0.3) is 11.1 Å². The third-order valence-electron chi connectivity index (χ3n) is 3.23. The molecule has 1 aliphatic rings. The summed E-state index contributed by atoms with van der Waals surface area (Å²) in [6.45, 7) is 0.793. The molecule has 0 unspecified atom stereocenters. The van der Waals surface area contributed by atoms with Crippen LogP contribution in [0.4, 0.5) is 4.39 Å². The van der Waals surface area contributed by atoms with Gasteiger partial charge < -0.3 is 5.32 Å². The zero-order valence-corrected chi connectivity index (χ0v) is 12.0. The van der Waals surface area contributed by atoms with Crippen molar-refractivity contribution >= 4 is 15.9 Å². The number of benzene rings is 1. The van der Waals surface area contributed by atoms with Crippen molar-refractivity contribution in [3.63, 3.8) is 0 Å². The van der Waals surface area contributed by atoms with E-state index < -0.39 is 0 Å². The second kappa shape index (κ2) is 5.39. The Morgan fingerprint density at radius 3 is 2.95 bits per heavy atom. The molecular weight excluding hydrogens is 307 g/mol. The van der Waals surface area contributed by atoms with E-state index >= 15 is 0 Å². The van der Waals surface area contributed by atoms with Crippen LogP contribution in [0.3, 0.4) is 0 Å². The minimum Gasteiger partial charge on any atom is -0.310 e. The fraction of sp³-hybridized carbons (Fsp3) is 0.267. The molecule has 1 heterocycles. The molecule has 1 aromatic carbocycles. The molecule has 0 bridgehead atoms. The van der Waals surface area contributed by atoms with Crippen molar-refractivity contribution in [2.75, 3.05) is 0 Å². The fourth-order valence-electron chi connectivity index (χ4n) is 2.01. The lowest BCUT2D eigenvalue weighted by Crippen LogP contribution is -2.15. The lowest BCUT2D eigenvalue weighted by atomic mass is 10.1. The first-order chi connectivity index (χ1) is 9.24. The summed E-state index contributed by atoms with van der Waals surface area (Å²) < 4.78 is 14.5. The summed E-state index contributed by atoms with van der Waals surface area (Å²) in [7, 11) is 0. The van der Waals surface area contributed by atoms with Gasteiger partial charge in [0.1, 0.15) is 5.82 Å². The molecule has 1 aromatic heterocycles. The number of rotatable bonds is 4. The van der Waals surface area contributed by atoms with Gasteiger partial charge in [-0.25, -0.2) is 4.39 Å². The van der Waals surface area contributed by atoms with E-state index in [0.717, 1.165) is 17.7 Å². The number of hydrogen-bond acceptors (Lipinski definition) is 2. The summed E-state index contributed by atoms with van der Waals surface area (Å²) in [5.41, 5.74) is 2.48. The van der Waals surface area contributed by atoms with E-state index in [1.165, 1.54) is 12.8 Å². The summed E-state index contributed by atoms with van der Waals surface area (Å²) >= 11 is 3.21. The van der Waals surface area contributed by atoms with Gasteiger partial charge >= 0.3 is 0 Å². The Hall–Kier alpha value is -1.26. The molecule has 98 valence electrons. The van der Waals surface area contributed by atoms with E-state index in [2.05, 4.69) is 26.2 Å². The van der Waals surface area contributed by atoms with Gasteiger partial charge in [-0.05, 0) is 46.5 Å². The van der Waals surface area contributed by atoms with Crippen LogP contribution < -0.4 is 5.32 Å². The van der Waals surface area contributed by atoms with Crippen LogP contribution in [0, 0.1) is 5.82 Å². The average molecular weight is 321 g/mol.